The summed E-state index contributed by atoms with van der Waals surface area (Å²) in [6, 6.07) is 12.1. The van der Waals surface area contributed by atoms with Gasteiger partial charge in [-0.2, -0.15) is 12.7 Å². The van der Waals surface area contributed by atoms with Gasteiger partial charge in [0.2, 0.25) is 10.0 Å². The van der Waals surface area contributed by atoms with Crippen LogP contribution in [0.15, 0.2) is 58.3 Å². The molecule has 3 rings (SSSR count). The second-order valence-electron chi connectivity index (χ2n) is 7.46. The van der Waals surface area contributed by atoms with Gasteiger partial charge in [-0.15, -0.1) is 0 Å². The molecule has 0 radical (unpaired) electrons. The lowest BCUT2D eigenvalue weighted by atomic mass is 10.2. The summed E-state index contributed by atoms with van der Waals surface area (Å²) in [5.74, 6) is 0. The van der Waals surface area contributed by atoms with Crippen molar-refractivity contribution in [2.24, 2.45) is 0 Å². The quantitative estimate of drug-likeness (QED) is 0.599. The molecule has 1 fully saturated rings. The zero-order chi connectivity index (χ0) is 21.9. The zero-order valence-corrected chi connectivity index (χ0v) is 18.9. The molecule has 2 aromatic rings. The molecular formula is C21H27NO6S2. The number of rotatable bonds is 7. The Labute approximate surface area is 178 Å². The maximum Gasteiger partial charge on any atom is 0.297 e. The van der Waals surface area contributed by atoms with Crippen molar-refractivity contribution in [2.45, 2.75) is 49.1 Å². The molecule has 164 valence electrons. The Morgan fingerprint density at radius 3 is 2.00 bits per heavy atom. The molecule has 0 aromatic heterocycles. The Bertz CT molecular complexity index is 1060. The molecule has 2 aromatic carbocycles. The van der Waals surface area contributed by atoms with Crippen molar-refractivity contribution in [3.63, 3.8) is 0 Å². The van der Waals surface area contributed by atoms with Gasteiger partial charge < -0.3 is 4.74 Å². The van der Waals surface area contributed by atoms with E-state index in [-0.39, 0.29) is 35.7 Å². The van der Waals surface area contributed by atoms with Gasteiger partial charge in [0, 0.05) is 6.54 Å². The minimum Gasteiger partial charge on any atom is -0.375 e. The normalized spacial score (nSPS) is 20.9. The molecule has 0 saturated carbocycles. The lowest BCUT2D eigenvalue weighted by Crippen LogP contribution is -2.54. The third-order valence-electron chi connectivity index (χ3n) is 5.12. The van der Waals surface area contributed by atoms with Crippen molar-refractivity contribution in [1.82, 2.24) is 4.31 Å². The van der Waals surface area contributed by atoms with Gasteiger partial charge in [0.25, 0.3) is 10.1 Å². The molecule has 2 atom stereocenters. The van der Waals surface area contributed by atoms with Gasteiger partial charge in [-0.05, 0) is 44.5 Å². The first-order valence-electron chi connectivity index (χ1n) is 9.79. The highest BCUT2D eigenvalue weighted by molar-refractivity contribution is 7.89. The van der Waals surface area contributed by atoms with E-state index in [1.54, 1.807) is 36.4 Å². The first-order chi connectivity index (χ1) is 14.1. The Morgan fingerprint density at radius 1 is 0.933 bits per heavy atom. The molecule has 1 aliphatic rings. The van der Waals surface area contributed by atoms with Gasteiger partial charge in [0.1, 0.15) is 0 Å². The molecule has 0 unspecified atom stereocenters. The van der Waals surface area contributed by atoms with Crippen LogP contribution in [0.5, 0.6) is 0 Å². The van der Waals surface area contributed by atoms with Crippen LogP contribution in [0.2, 0.25) is 0 Å². The van der Waals surface area contributed by atoms with Crippen LogP contribution in [0.4, 0.5) is 0 Å². The van der Waals surface area contributed by atoms with Crippen molar-refractivity contribution in [1.29, 1.82) is 0 Å². The minimum absolute atomic E-state index is 0.0317. The zero-order valence-electron chi connectivity index (χ0n) is 17.3. The van der Waals surface area contributed by atoms with E-state index >= 15 is 0 Å². The molecule has 1 aliphatic heterocycles. The first kappa shape index (κ1) is 22.9. The second-order valence-corrected chi connectivity index (χ2v) is 11.0. The Morgan fingerprint density at radius 2 is 1.47 bits per heavy atom. The van der Waals surface area contributed by atoms with Crippen molar-refractivity contribution < 1.29 is 25.8 Å². The Hall–Kier alpha value is -1.78. The third kappa shape index (κ3) is 5.09. The van der Waals surface area contributed by atoms with Gasteiger partial charge in [0.05, 0.1) is 35.2 Å². The van der Waals surface area contributed by atoms with Crippen LogP contribution >= 0.6 is 0 Å². The molecule has 0 bridgehead atoms. The molecule has 1 heterocycles. The largest absolute Gasteiger partial charge is 0.375 e. The number of hydrogen-bond donors (Lipinski definition) is 0. The van der Waals surface area contributed by atoms with Crippen LogP contribution in [-0.2, 0) is 29.1 Å². The average molecular weight is 454 g/mol. The molecule has 0 N–H and O–H groups in total. The van der Waals surface area contributed by atoms with E-state index in [1.165, 1.54) is 16.4 Å². The fourth-order valence-electron chi connectivity index (χ4n) is 3.19. The highest BCUT2D eigenvalue weighted by Gasteiger charge is 2.38. The van der Waals surface area contributed by atoms with E-state index in [1.807, 2.05) is 20.8 Å². The van der Waals surface area contributed by atoms with E-state index in [9.17, 15) is 16.8 Å². The van der Waals surface area contributed by atoms with E-state index in [2.05, 4.69) is 0 Å². The van der Waals surface area contributed by atoms with Crippen LogP contribution in [0.25, 0.3) is 0 Å². The number of ether oxygens (including phenoxy) is 1. The summed E-state index contributed by atoms with van der Waals surface area (Å²) in [7, 11) is -7.84. The van der Waals surface area contributed by atoms with E-state index in [4.69, 9.17) is 8.92 Å². The second kappa shape index (κ2) is 9.15. The highest BCUT2D eigenvalue weighted by Crippen LogP contribution is 2.25. The summed E-state index contributed by atoms with van der Waals surface area (Å²) in [6.07, 6.45) is 0.394. The first-order valence-corrected chi connectivity index (χ1v) is 12.6. The fourth-order valence-corrected chi connectivity index (χ4v) is 5.76. The predicted molar refractivity (Wildman–Crippen MR) is 113 cm³/mol. The summed E-state index contributed by atoms with van der Waals surface area (Å²) >= 11 is 0. The molecule has 30 heavy (non-hydrogen) atoms. The monoisotopic (exact) mass is 453 g/mol. The van der Waals surface area contributed by atoms with Crippen LogP contribution < -0.4 is 0 Å². The van der Waals surface area contributed by atoms with E-state index in [0.717, 1.165) is 11.1 Å². The molecule has 0 spiro atoms. The van der Waals surface area contributed by atoms with Crippen molar-refractivity contribution >= 4 is 20.1 Å². The van der Waals surface area contributed by atoms with Crippen LogP contribution in [0, 0.1) is 13.8 Å². The number of morpholine rings is 1. The fraction of sp³-hybridized carbons (Fsp3) is 0.429. The van der Waals surface area contributed by atoms with Gasteiger partial charge >= 0.3 is 0 Å². The molecular weight excluding hydrogens is 426 g/mol. The average Bonchev–Trinajstić information content (AvgIpc) is 2.73. The molecule has 0 amide bonds. The van der Waals surface area contributed by atoms with E-state index < -0.39 is 26.2 Å². The van der Waals surface area contributed by atoms with Crippen LogP contribution in [0.1, 0.15) is 24.5 Å². The summed E-state index contributed by atoms with van der Waals surface area (Å²) in [6.45, 7) is 5.54. The molecule has 7 nitrogen and oxygen atoms in total. The summed E-state index contributed by atoms with van der Waals surface area (Å²) in [5, 5.41) is 0. The SMILES string of the molecule is CC[C@H]1CN(S(=O)(=O)c2ccc(C)cc2)[C@H](COS(=O)(=O)c2ccc(C)cc2)CO1. The predicted octanol–water partition coefficient (Wildman–Crippen LogP) is 2.88. The molecule has 0 aliphatic carbocycles. The number of sulfonamides is 1. The maximum atomic E-state index is 13.3. The van der Waals surface area contributed by atoms with Gasteiger partial charge in [-0.1, -0.05) is 42.3 Å². The third-order valence-corrected chi connectivity index (χ3v) is 8.35. The maximum absolute atomic E-state index is 13.3. The minimum atomic E-state index is -4.01. The van der Waals surface area contributed by atoms with Crippen molar-refractivity contribution in [3.8, 4) is 0 Å². The van der Waals surface area contributed by atoms with E-state index in [0.29, 0.717) is 6.42 Å². The van der Waals surface area contributed by atoms with Gasteiger partial charge in [0.15, 0.2) is 0 Å². The molecule has 1 saturated heterocycles. The lowest BCUT2D eigenvalue weighted by Gasteiger charge is -2.38. The van der Waals surface area contributed by atoms with Gasteiger partial charge in [-0.3, -0.25) is 4.18 Å². The number of nitrogens with zero attached hydrogens (tertiary/aromatic N) is 1. The molecule has 9 heteroatoms. The summed E-state index contributed by atoms with van der Waals surface area (Å²) in [4.78, 5) is 0.195. The smallest absolute Gasteiger partial charge is 0.297 e. The summed E-state index contributed by atoms with van der Waals surface area (Å²) in [5.41, 5.74) is 1.88. The lowest BCUT2D eigenvalue weighted by molar-refractivity contribution is -0.0431. The van der Waals surface area contributed by atoms with Crippen LogP contribution in [-0.4, -0.2) is 53.0 Å². The van der Waals surface area contributed by atoms with Crippen molar-refractivity contribution in [2.75, 3.05) is 19.8 Å². The number of hydrogen-bond acceptors (Lipinski definition) is 6. The number of benzene rings is 2. The Kier molecular flexibility index (Phi) is 6.98. The highest BCUT2D eigenvalue weighted by atomic mass is 32.2. The topological polar surface area (TPSA) is 90.0 Å². The summed E-state index contributed by atoms with van der Waals surface area (Å²) < 4.78 is 63.9. The van der Waals surface area contributed by atoms with Gasteiger partial charge in [-0.25, -0.2) is 8.42 Å². The Balaban J connectivity index is 1.83. The van der Waals surface area contributed by atoms with Crippen LogP contribution in [0.3, 0.4) is 0 Å². The number of aryl methyl sites for hydroxylation is 2. The van der Waals surface area contributed by atoms with Crippen molar-refractivity contribution in [3.05, 3.63) is 59.7 Å². The standard InChI is InChI=1S/C21H27NO6S2/c1-4-19-13-22(29(23,24)20-9-5-16(2)6-10-20)18(14-27-19)15-28-30(25,26)21-11-7-17(3)8-12-21/h5-12,18-19H,4,13-15H2,1-3H3/t18-,19-/m0/s1.